The van der Waals surface area contributed by atoms with Gasteiger partial charge in [0.05, 0.1) is 11.0 Å². The van der Waals surface area contributed by atoms with Crippen molar-refractivity contribution in [3.05, 3.63) is 18.0 Å². The van der Waals surface area contributed by atoms with E-state index in [0.717, 1.165) is 16.9 Å². The van der Waals surface area contributed by atoms with Crippen LogP contribution in [0.3, 0.4) is 0 Å². The molecule has 3 rings (SSSR count). The predicted octanol–water partition coefficient (Wildman–Crippen LogP) is 3.34. The number of nitrogens with zero attached hydrogens (tertiary/aromatic N) is 2. The quantitative estimate of drug-likeness (QED) is 0.939. The summed E-state index contributed by atoms with van der Waals surface area (Å²) >= 11 is 0. The van der Waals surface area contributed by atoms with Gasteiger partial charge in [-0.15, -0.1) is 0 Å². The molecule has 0 saturated heterocycles. The number of hydrogen-bond donors (Lipinski definition) is 1. The number of imidazole rings is 1. The van der Waals surface area contributed by atoms with Crippen molar-refractivity contribution in [2.45, 2.75) is 46.1 Å². The number of carboxylic acid groups (broad SMARTS) is 1. The van der Waals surface area contributed by atoms with Crippen LogP contribution < -0.4 is 9.47 Å². The summed E-state index contributed by atoms with van der Waals surface area (Å²) in [7, 11) is 0. The highest BCUT2D eigenvalue weighted by molar-refractivity contribution is 5.84. The molecule has 124 valence electrons. The summed E-state index contributed by atoms with van der Waals surface area (Å²) in [5.74, 6) is 1.10. The number of benzene rings is 1. The molecule has 0 radical (unpaired) electrons. The summed E-state index contributed by atoms with van der Waals surface area (Å²) < 4.78 is 12.7. The largest absolute Gasteiger partial charge is 0.480 e. The van der Waals surface area contributed by atoms with E-state index in [2.05, 4.69) is 0 Å². The van der Waals surface area contributed by atoms with Crippen LogP contribution in [0.4, 0.5) is 0 Å². The normalized spacial score (nSPS) is 15.4. The van der Waals surface area contributed by atoms with Crippen molar-refractivity contribution in [2.24, 2.45) is 5.92 Å². The second-order valence-corrected chi connectivity index (χ2v) is 7.28. The van der Waals surface area contributed by atoms with Crippen molar-refractivity contribution < 1.29 is 19.4 Å². The molecule has 0 aliphatic carbocycles. The van der Waals surface area contributed by atoms with E-state index in [-0.39, 0.29) is 18.1 Å². The van der Waals surface area contributed by atoms with Crippen LogP contribution in [0.15, 0.2) is 12.1 Å². The topological polar surface area (TPSA) is 73.6 Å². The van der Waals surface area contributed by atoms with Crippen molar-refractivity contribution in [3.63, 3.8) is 0 Å². The van der Waals surface area contributed by atoms with Gasteiger partial charge >= 0.3 is 5.97 Å². The number of aromatic nitrogens is 2. The summed E-state index contributed by atoms with van der Waals surface area (Å²) in [6.07, 6.45) is 0. The van der Waals surface area contributed by atoms with Gasteiger partial charge < -0.3 is 19.1 Å². The fraction of sp³-hybridized carbons (Fsp3) is 0.529. The lowest BCUT2D eigenvalue weighted by Gasteiger charge is -2.26. The van der Waals surface area contributed by atoms with Crippen LogP contribution >= 0.6 is 0 Å². The van der Waals surface area contributed by atoms with Crippen LogP contribution in [-0.2, 0) is 10.2 Å². The van der Waals surface area contributed by atoms with Crippen LogP contribution in [0.25, 0.3) is 11.0 Å². The van der Waals surface area contributed by atoms with Gasteiger partial charge in [0.1, 0.15) is 11.9 Å². The Morgan fingerprint density at radius 1 is 1.26 bits per heavy atom. The Morgan fingerprint density at radius 3 is 2.39 bits per heavy atom. The lowest BCUT2D eigenvalue weighted by atomic mass is 9.94. The van der Waals surface area contributed by atoms with Gasteiger partial charge in [0, 0.05) is 17.5 Å². The molecule has 2 heterocycles. The van der Waals surface area contributed by atoms with E-state index in [1.54, 1.807) is 0 Å². The van der Waals surface area contributed by atoms with E-state index < -0.39 is 12.0 Å². The van der Waals surface area contributed by atoms with Crippen LogP contribution in [0.5, 0.6) is 11.5 Å². The van der Waals surface area contributed by atoms with Gasteiger partial charge in [-0.25, -0.2) is 9.78 Å². The fourth-order valence-corrected chi connectivity index (χ4v) is 2.99. The number of hydrogen-bond acceptors (Lipinski definition) is 4. The second-order valence-electron chi connectivity index (χ2n) is 7.28. The molecule has 1 aliphatic rings. The lowest BCUT2D eigenvalue weighted by molar-refractivity contribution is -0.142. The van der Waals surface area contributed by atoms with Crippen molar-refractivity contribution in [1.29, 1.82) is 0 Å². The minimum Gasteiger partial charge on any atom is -0.480 e. The van der Waals surface area contributed by atoms with E-state index in [4.69, 9.17) is 14.5 Å². The molecule has 0 saturated carbocycles. The number of fused-ring (bicyclic) bond motifs is 2. The standard InChI is InChI=1S/C17H22N2O4/c1-9(2)14(15(20)21)19-11-7-13-12(22-8-23-13)6-10(11)18-16(19)17(3,4)5/h6-7,9,14H,8H2,1-5H3,(H,20,21). The first kappa shape index (κ1) is 15.6. The third-order valence-electron chi connectivity index (χ3n) is 4.02. The number of ether oxygens (including phenoxy) is 2. The average molecular weight is 318 g/mol. The lowest BCUT2D eigenvalue weighted by Crippen LogP contribution is -2.29. The summed E-state index contributed by atoms with van der Waals surface area (Å²) in [4.78, 5) is 16.6. The van der Waals surface area contributed by atoms with Crippen molar-refractivity contribution >= 4 is 17.0 Å². The van der Waals surface area contributed by atoms with E-state index in [9.17, 15) is 9.90 Å². The third kappa shape index (κ3) is 2.52. The summed E-state index contributed by atoms with van der Waals surface area (Å²) in [6.45, 7) is 10.1. The Kier molecular flexibility index (Phi) is 3.50. The molecular formula is C17H22N2O4. The van der Waals surface area contributed by atoms with Gasteiger partial charge in [-0.3, -0.25) is 0 Å². The van der Waals surface area contributed by atoms with Crippen molar-refractivity contribution in [1.82, 2.24) is 9.55 Å². The molecule has 2 aromatic rings. The Labute approximate surface area is 135 Å². The number of carboxylic acids is 1. The minimum absolute atomic E-state index is 0.0728. The number of carbonyl (C=O) groups is 1. The van der Waals surface area contributed by atoms with Gasteiger partial charge in [0.25, 0.3) is 0 Å². The Balaban J connectivity index is 2.33. The van der Waals surface area contributed by atoms with E-state index in [1.807, 2.05) is 51.3 Å². The van der Waals surface area contributed by atoms with Crippen molar-refractivity contribution in [2.75, 3.05) is 6.79 Å². The summed E-state index contributed by atoms with van der Waals surface area (Å²) in [5, 5.41) is 9.75. The van der Waals surface area contributed by atoms with Gasteiger partial charge in [-0.05, 0) is 5.92 Å². The highest BCUT2D eigenvalue weighted by Gasteiger charge is 2.33. The molecule has 0 fully saturated rings. The zero-order valence-corrected chi connectivity index (χ0v) is 14.1. The maximum atomic E-state index is 11.9. The molecule has 6 nitrogen and oxygen atoms in total. The van der Waals surface area contributed by atoms with Crippen LogP contribution in [0.1, 0.15) is 46.5 Å². The third-order valence-corrected chi connectivity index (χ3v) is 4.02. The minimum atomic E-state index is -0.859. The van der Waals surface area contributed by atoms with Gasteiger partial charge in [0.2, 0.25) is 6.79 Å². The molecule has 6 heteroatoms. The first-order valence-corrected chi connectivity index (χ1v) is 7.75. The average Bonchev–Trinajstić information content (AvgIpc) is 2.99. The Bertz CT molecular complexity index is 771. The molecule has 1 aromatic heterocycles. The number of rotatable bonds is 3. The fourth-order valence-electron chi connectivity index (χ4n) is 2.99. The molecule has 1 N–H and O–H groups in total. The summed E-state index contributed by atoms with van der Waals surface area (Å²) in [5.41, 5.74) is 1.21. The SMILES string of the molecule is CC(C)C(C(=O)O)n1c(C(C)(C)C)nc2cc3c(cc21)OCO3. The van der Waals surface area contributed by atoms with Crippen LogP contribution in [0, 0.1) is 5.92 Å². The van der Waals surface area contributed by atoms with Crippen LogP contribution in [0.2, 0.25) is 0 Å². The zero-order chi connectivity index (χ0) is 16.9. The maximum Gasteiger partial charge on any atom is 0.327 e. The molecule has 0 amide bonds. The molecule has 1 atom stereocenters. The Hall–Kier alpha value is -2.24. The smallest absolute Gasteiger partial charge is 0.327 e. The first-order valence-electron chi connectivity index (χ1n) is 7.75. The second kappa shape index (κ2) is 5.15. The molecule has 1 aromatic carbocycles. The highest BCUT2D eigenvalue weighted by Crippen LogP contribution is 2.39. The monoisotopic (exact) mass is 318 g/mol. The van der Waals surface area contributed by atoms with E-state index in [1.165, 1.54) is 0 Å². The highest BCUT2D eigenvalue weighted by atomic mass is 16.7. The van der Waals surface area contributed by atoms with E-state index in [0.29, 0.717) is 11.5 Å². The molecule has 0 bridgehead atoms. The molecule has 0 spiro atoms. The first-order chi connectivity index (χ1) is 10.7. The van der Waals surface area contributed by atoms with E-state index >= 15 is 0 Å². The van der Waals surface area contributed by atoms with Crippen LogP contribution in [-0.4, -0.2) is 27.4 Å². The predicted molar refractivity (Wildman–Crippen MR) is 86.1 cm³/mol. The maximum absolute atomic E-state index is 11.9. The molecular weight excluding hydrogens is 296 g/mol. The van der Waals surface area contributed by atoms with Gasteiger partial charge in [0.15, 0.2) is 11.5 Å². The van der Waals surface area contributed by atoms with Crippen molar-refractivity contribution in [3.8, 4) is 11.5 Å². The zero-order valence-electron chi connectivity index (χ0n) is 14.1. The Morgan fingerprint density at radius 2 is 1.87 bits per heavy atom. The molecule has 1 aliphatic heterocycles. The molecule has 1 unspecified atom stereocenters. The number of aliphatic carboxylic acids is 1. The van der Waals surface area contributed by atoms with Gasteiger partial charge in [-0.2, -0.15) is 0 Å². The summed E-state index contributed by atoms with van der Waals surface area (Å²) in [6, 6.07) is 2.97. The molecule has 23 heavy (non-hydrogen) atoms. The van der Waals surface area contributed by atoms with Gasteiger partial charge in [-0.1, -0.05) is 34.6 Å².